The monoisotopic (exact) mass is 314 g/mol. The molecule has 0 atom stereocenters. The van der Waals surface area contributed by atoms with Gasteiger partial charge < -0.3 is 15.4 Å². The zero-order valence-corrected chi connectivity index (χ0v) is 12.7. The van der Waals surface area contributed by atoms with Crippen molar-refractivity contribution in [1.82, 2.24) is 4.90 Å². The number of carbonyl (C=O) groups excluding carboxylic acids is 1. The van der Waals surface area contributed by atoms with Crippen molar-refractivity contribution < 1.29 is 9.53 Å². The van der Waals surface area contributed by atoms with E-state index >= 15 is 0 Å². The van der Waals surface area contributed by atoms with Crippen LogP contribution in [0.1, 0.15) is 26.3 Å². The van der Waals surface area contributed by atoms with Gasteiger partial charge in [0.15, 0.2) is 0 Å². The minimum absolute atomic E-state index is 0.363. The number of nitrogens with zero attached hydrogens (tertiary/aromatic N) is 1. The van der Waals surface area contributed by atoms with Crippen LogP contribution in [0.4, 0.5) is 10.5 Å². The zero-order valence-electron chi connectivity index (χ0n) is 11.2. The van der Waals surface area contributed by atoms with E-state index < -0.39 is 5.60 Å². The van der Waals surface area contributed by atoms with E-state index in [0.29, 0.717) is 12.2 Å². The standard InChI is InChI=1S/C13H19BrN2O2/c1-13(2,3)18-12(17)16(4)8-9-10(14)6-5-7-11(9)15/h5-7H,8,15H2,1-4H3. The van der Waals surface area contributed by atoms with Crippen molar-refractivity contribution in [3.8, 4) is 0 Å². The second-order valence-corrected chi connectivity index (χ2v) is 6.00. The first-order valence-electron chi connectivity index (χ1n) is 5.67. The highest BCUT2D eigenvalue weighted by atomic mass is 79.9. The Kier molecular flexibility index (Phi) is 4.62. The van der Waals surface area contributed by atoms with E-state index in [0.717, 1.165) is 10.0 Å². The van der Waals surface area contributed by atoms with Crippen molar-refractivity contribution >= 4 is 27.7 Å². The van der Waals surface area contributed by atoms with Crippen molar-refractivity contribution in [2.24, 2.45) is 0 Å². The first kappa shape index (κ1) is 14.8. The largest absolute Gasteiger partial charge is 0.444 e. The van der Waals surface area contributed by atoms with E-state index in [1.807, 2.05) is 39.0 Å². The first-order chi connectivity index (χ1) is 8.20. The van der Waals surface area contributed by atoms with Crippen LogP contribution >= 0.6 is 15.9 Å². The number of carbonyl (C=O) groups is 1. The second kappa shape index (κ2) is 5.61. The van der Waals surface area contributed by atoms with Crippen LogP contribution < -0.4 is 5.73 Å². The number of amides is 1. The van der Waals surface area contributed by atoms with Gasteiger partial charge in [-0.1, -0.05) is 22.0 Å². The van der Waals surface area contributed by atoms with Crippen LogP contribution in [0.2, 0.25) is 0 Å². The summed E-state index contributed by atoms with van der Waals surface area (Å²) in [6.07, 6.45) is -0.363. The topological polar surface area (TPSA) is 55.6 Å². The number of benzene rings is 1. The van der Waals surface area contributed by atoms with Crippen molar-refractivity contribution in [2.75, 3.05) is 12.8 Å². The molecular weight excluding hydrogens is 296 g/mol. The summed E-state index contributed by atoms with van der Waals surface area (Å²) in [5.74, 6) is 0. The van der Waals surface area contributed by atoms with Gasteiger partial charge in [-0.3, -0.25) is 0 Å². The third-order valence-corrected chi connectivity index (χ3v) is 3.00. The maximum Gasteiger partial charge on any atom is 0.410 e. The molecular formula is C13H19BrN2O2. The summed E-state index contributed by atoms with van der Waals surface area (Å²) < 4.78 is 6.17. The fraction of sp³-hybridized carbons (Fsp3) is 0.462. The summed E-state index contributed by atoms with van der Waals surface area (Å²) >= 11 is 3.43. The van der Waals surface area contributed by atoms with Crippen molar-refractivity contribution in [3.05, 3.63) is 28.2 Å². The van der Waals surface area contributed by atoms with Gasteiger partial charge in [-0.2, -0.15) is 0 Å². The van der Waals surface area contributed by atoms with Crippen molar-refractivity contribution in [3.63, 3.8) is 0 Å². The third-order valence-electron chi connectivity index (χ3n) is 2.26. The molecule has 1 rings (SSSR count). The van der Waals surface area contributed by atoms with E-state index in [1.54, 1.807) is 7.05 Å². The molecule has 18 heavy (non-hydrogen) atoms. The normalized spacial score (nSPS) is 11.2. The lowest BCUT2D eigenvalue weighted by atomic mass is 10.2. The van der Waals surface area contributed by atoms with Gasteiger partial charge in [0.25, 0.3) is 0 Å². The average Bonchev–Trinajstić information content (AvgIpc) is 2.21. The van der Waals surface area contributed by atoms with Gasteiger partial charge in [0.05, 0.1) is 6.54 Å². The highest BCUT2D eigenvalue weighted by Crippen LogP contribution is 2.24. The number of hydrogen-bond donors (Lipinski definition) is 1. The maximum absolute atomic E-state index is 11.8. The molecule has 1 aromatic carbocycles. The molecule has 2 N–H and O–H groups in total. The van der Waals surface area contributed by atoms with Gasteiger partial charge in [-0.25, -0.2) is 4.79 Å². The molecule has 0 fully saturated rings. The molecule has 0 saturated heterocycles. The van der Waals surface area contributed by atoms with E-state index in [2.05, 4.69) is 15.9 Å². The Morgan fingerprint density at radius 2 is 2.06 bits per heavy atom. The molecule has 0 aliphatic rings. The van der Waals surface area contributed by atoms with E-state index in [4.69, 9.17) is 10.5 Å². The van der Waals surface area contributed by atoms with Crippen molar-refractivity contribution in [1.29, 1.82) is 0 Å². The molecule has 4 nitrogen and oxygen atoms in total. The summed E-state index contributed by atoms with van der Waals surface area (Å²) in [6.45, 7) is 5.92. The summed E-state index contributed by atoms with van der Waals surface area (Å²) in [5.41, 5.74) is 6.93. The quantitative estimate of drug-likeness (QED) is 0.851. The lowest BCUT2D eigenvalue weighted by molar-refractivity contribution is 0.0285. The number of nitrogens with two attached hydrogens (primary N) is 1. The van der Waals surface area contributed by atoms with Gasteiger partial charge >= 0.3 is 6.09 Å². The van der Waals surface area contributed by atoms with Gasteiger partial charge in [-0.15, -0.1) is 0 Å². The highest BCUT2D eigenvalue weighted by Gasteiger charge is 2.20. The number of nitrogen functional groups attached to an aromatic ring is 1. The smallest absolute Gasteiger partial charge is 0.410 e. The van der Waals surface area contributed by atoms with Gasteiger partial charge in [0.1, 0.15) is 5.60 Å². The molecule has 0 aromatic heterocycles. The van der Waals surface area contributed by atoms with Crippen LogP contribution in [-0.2, 0) is 11.3 Å². The van der Waals surface area contributed by atoms with Gasteiger partial charge in [0.2, 0.25) is 0 Å². The second-order valence-electron chi connectivity index (χ2n) is 5.14. The Labute approximate surface area is 116 Å². The Morgan fingerprint density at radius 3 is 2.56 bits per heavy atom. The molecule has 0 aliphatic heterocycles. The number of ether oxygens (including phenoxy) is 1. The zero-order chi connectivity index (χ0) is 13.9. The highest BCUT2D eigenvalue weighted by molar-refractivity contribution is 9.10. The number of hydrogen-bond acceptors (Lipinski definition) is 3. The van der Waals surface area contributed by atoms with Crippen LogP contribution in [0.5, 0.6) is 0 Å². The molecule has 0 unspecified atom stereocenters. The number of rotatable bonds is 2. The average molecular weight is 315 g/mol. The Balaban J connectivity index is 2.76. The summed E-state index contributed by atoms with van der Waals surface area (Å²) in [4.78, 5) is 13.3. The predicted octanol–water partition coefficient (Wildman–Crippen LogP) is 3.40. The molecule has 100 valence electrons. The minimum atomic E-state index is -0.495. The molecule has 0 radical (unpaired) electrons. The molecule has 1 amide bonds. The molecule has 0 saturated carbocycles. The molecule has 0 spiro atoms. The third kappa shape index (κ3) is 4.22. The van der Waals surface area contributed by atoms with E-state index in [9.17, 15) is 4.79 Å². The molecule has 0 heterocycles. The van der Waals surface area contributed by atoms with Crippen LogP contribution in [0, 0.1) is 0 Å². The Bertz CT molecular complexity index is 421. The molecule has 5 heteroatoms. The minimum Gasteiger partial charge on any atom is -0.444 e. The van der Waals surface area contributed by atoms with Crippen molar-refractivity contribution in [2.45, 2.75) is 32.9 Å². The van der Waals surface area contributed by atoms with Crippen LogP contribution in [-0.4, -0.2) is 23.6 Å². The summed E-state index contributed by atoms with van der Waals surface area (Å²) in [5, 5.41) is 0. The lowest BCUT2D eigenvalue weighted by Gasteiger charge is -2.25. The first-order valence-corrected chi connectivity index (χ1v) is 6.47. The fourth-order valence-corrected chi connectivity index (χ4v) is 1.89. The molecule has 0 aliphatic carbocycles. The van der Waals surface area contributed by atoms with Gasteiger partial charge in [0, 0.05) is 22.8 Å². The van der Waals surface area contributed by atoms with Crippen LogP contribution in [0.3, 0.4) is 0 Å². The summed E-state index contributed by atoms with van der Waals surface area (Å²) in [6, 6.07) is 5.56. The van der Waals surface area contributed by atoms with Gasteiger partial charge in [-0.05, 0) is 32.9 Å². The Morgan fingerprint density at radius 1 is 1.44 bits per heavy atom. The Hall–Kier alpha value is -1.23. The maximum atomic E-state index is 11.8. The summed E-state index contributed by atoms with van der Waals surface area (Å²) in [7, 11) is 1.69. The SMILES string of the molecule is CN(Cc1c(N)cccc1Br)C(=O)OC(C)(C)C. The van der Waals surface area contributed by atoms with E-state index in [1.165, 1.54) is 4.90 Å². The van der Waals surface area contributed by atoms with Crippen LogP contribution in [0.15, 0.2) is 22.7 Å². The van der Waals surface area contributed by atoms with Crippen LogP contribution in [0.25, 0.3) is 0 Å². The predicted molar refractivity (Wildman–Crippen MR) is 76.3 cm³/mol. The lowest BCUT2D eigenvalue weighted by Crippen LogP contribution is -2.34. The fourth-order valence-electron chi connectivity index (χ4n) is 1.38. The number of anilines is 1. The molecule has 0 bridgehead atoms. The molecule has 1 aromatic rings. The number of halogens is 1. The van der Waals surface area contributed by atoms with E-state index in [-0.39, 0.29) is 6.09 Å².